The normalized spacial score (nSPS) is 19.7. The molecule has 2 heterocycles. The van der Waals surface area contributed by atoms with Gasteiger partial charge in [0, 0.05) is 42.9 Å². The van der Waals surface area contributed by atoms with E-state index in [9.17, 15) is 4.79 Å². The second-order valence-electron chi connectivity index (χ2n) is 5.35. The minimum Gasteiger partial charge on any atom is -0.341 e. The molecule has 0 aromatic carbocycles. The van der Waals surface area contributed by atoms with Crippen molar-refractivity contribution in [3.05, 3.63) is 30.1 Å². The SMILES string of the molecule is CC(C)C1CN(C(=O)CCc2cccnc2)CCS1. The van der Waals surface area contributed by atoms with Crippen LogP contribution in [0.15, 0.2) is 24.5 Å². The smallest absolute Gasteiger partial charge is 0.222 e. The number of hydrogen-bond acceptors (Lipinski definition) is 3. The minimum absolute atomic E-state index is 0.287. The second kappa shape index (κ2) is 6.94. The zero-order valence-electron chi connectivity index (χ0n) is 11.7. The first-order valence-corrected chi connectivity index (χ1v) is 8.00. The number of aryl methyl sites for hydroxylation is 1. The molecule has 4 heteroatoms. The molecule has 0 saturated carbocycles. The summed E-state index contributed by atoms with van der Waals surface area (Å²) in [5.41, 5.74) is 1.14. The van der Waals surface area contributed by atoms with Crippen LogP contribution >= 0.6 is 11.8 Å². The molecule has 2 rings (SSSR count). The number of aromatic nitrogens is 1. The van der Waals surface area contributed by atoms with Crippen molar-refractivity contribution in [3.8, 4) is 0 Å². The van der Waals surface area contributed by atoms with Crippen LogP contribution in [-0.2, 0) is 11.2 Å². The van der Waals surface area contributed by atoms with Crippen LogP contribution in [0.5, 0.6) is 0 Å². The summed E-state index contributed by atoms with van der Waals surface area (Å²) in [6.45, 7) is 6.29. The molecule has 1 unspecified atom stereocenters. The third kappa shape index (κ3) is 4.23. The zero-order chi connectivity index (χ0) is 13.7. The Bertz CT molecular complexity index is 408. The van der Waals surface area contributed by atoms with Gasteiger partial charge in [-0.15, -0.1) is 0 Å². The first-order valence-electron chi connectivity index (χ1n) is 6.95. The molecule has 1 fully saturated rings. The average molecular weight is 278 g/mol. The third-order valence-corrected chi connectivity index (χ3v) is 5.08. The Morgan fingerprint density at radius 1 is 1.58 bits per heavy atom. The van der Waals surface area contributed by atoms with Gasteiger partial charge in [0.15, 0.2) is 0 Å². The van der Waals surface area contributed by atoms with Gasteiger partial charge in [0.2, 0.25) is 5.91 Å². The average Bonchev–Trinajstić information content (AvgIpc) is 2.46. The van der Waals surface area contributed by atoms with E-state index in [4.69, 9.17) is 0 Å². The van der Waals surface area contributed by atoms with Crippen molar-refractivity contribution in [2.75, 3.05) is 18.8 Å². The van der Waals surface area contributed by atoms with Crippen molar-refractivity contribution in [1.29, 1.82) is 0 Å². The molecule has 1 atom stereocenters. The highest BCUT2D eigenvalue weighted by Crippen LogP contribution is 2.25. The van der Waals surface area contributed by atoms with Gasteiger partial charge in [0.25, 0.3) is 0 Å². The summed E-state index contributed by atoms with van der Waals surface area (Å²) >= 11 is 2.00. The number of carbonyl (C=O) groups is 1. The monoisotopic (exact) mass is 278 g/mol. The van der Waals surface area contributed by atoms with Crippen LogP contribution < -0.4 is 0 Å². The van der Waals surface area contributed by atoms with Crippen LogP contribution in [-0.4, -0.2) is 39.9 Å². The lowest BCUT2D eigenvalue weighted by Gasteiger charge is -2.34. The number of amides is 1. The Labute approximate surface area is 119 Å². The van der Waals surface area contributed by atoms with Gasteiger partial charge < -0.3 is 4.90 Å². The molecule has 0 bridgehead atoms. The Morgan fingerprint density at radius 3 is 3.11 bits per heavy atom. The molecular formula is C15H22N2OS. The summed E-state index contributed by atoms with van der Waals surface area (Å²) < 4.78 is 0. The highest BCUT2D eigenvalue weighted by Gasteiger charge is 2.25. The van der Waals surface area contributed by atoms with E-state index >= 15 is 0 Å². The first-order chi connectivity index (χ1) is 9.16. The van der Waals surface area contributed by atoms with Crippen molar-refractivity contribution in [2.24, 2.45) is 5.92 Å². The van der Waals surface area contributed by atoms with Gasteiger partial charge in [0.05, 0.1) is 0 Å². The second-order valence-corrected chi connectivity index (χ2v) is 6.70. The molecule has 1 amide bonds. The van der Waals surface area contributed by atoms with Crippen molar-refractivity contribution in [2.45, 2.75) is 31.9 Å². The summed E-state index contributed by atoms with van der Waals surface area (Å²) in [6.07, 6.45) is 5.00. The fourth-order valence-corrected chi connectivity index (χ4v) is 3.56. The molecule has 0 spiro atoms. The molecule has 104 valence electrons. The fourth-order valence-electron chi connectivity index (χ4n) is 2.26. The zero-order valence-corrected chi connectivity index (χ0v) is 12.5. The topological polar surface area (TPSA) is 33.2 Å². The largest absolute Gasteiger partial charge is 0.341 e. The summed E-state index contributed by atoms with van der Waals surface area (Å²) in [4.78, 5) is 18.4. The molecule has 0 radical (unpaired) electrons. The molecular weight excluding hydrogens is 256 g/mol. The molecule has 3 nitrogen and oxygen atoms in total. The van der Waals surface area contributed by atoms with Crippen LogP contribution in [0.25, 0.3) is 0 Å². The third-order valence-electron chi connectivity index (χ3n) is 3.54. The van der Waals surface area contributed by atoms with E-state index in [-0.39, 0.29) is 5.91 Å². The number of hydrogen-bond donors (Lipinski definition) is 0. The molecule has 1 saturated heterocycles. The summed E-state index contributed by atoms with van der Waals surface area (Å²) in [5, 5.41) is 0.594. The highest BCUT2D eigenvalue weighted by molar-refractivity contribution is 8.00. The maximum absolute atomic E-state index is 12.2. The van der Waals surface area contributed by atoms with Crippen molar-refractivity contribution < 1.29 is 4.79 Å². The molecule has 19 heavy (non-hydrogen) atoms. The predicted octanol–water partition coefficient (Wildman–Crippen LogP) is 2.61. The standard InChI is InChI=1S/C15H22N2OS/c1-12(2)14-11-17(8-9-19-14)15(18)6-5-13-4-3-7-16-10-13/h3-4,7,10,12,14H,5-6,8-9,11H2,1-2H3. The van der Waals surface area contributed by atoms with E-state index in [2.05, 4.69) is 18.8 Å². The van der Waals surface area contributed by atoms with Gasteiger partial charge in [-0.3, -0.25) is 9.78 Å². The van der Waals surface area contributed by atoms with Crippen molar-refractivity contribution >= 4 is 17.7 Å². The van der Waals surface area contributed by atoms with E-state index < -0.39 is 0 Å². The maximum Gasteiger partial charge on any atom is 0.222 e. The quantitative estimate of drug-likeness (QED) is 0.849. The minimum atomic E-state index is 0.287. The maximum atomic E-state index is 12.2. The molecule has 0 aliphatic carbocycles. The fraction of sp³-hybridized carbons (Fsp3) is 0.600. The van der Waals surface area contributed by atoms with Crippen LogP contribution in [0.3, 0.4) is 0 Å². The number of rotatable bonds is 4. The first kappa shape index (κ1) is 14.4. The van der Waals surface area contributed by atoms with Gasteiger partial charge in [-0.1, -0.05) is 19.9 Å². The van der Waals surface area contributed by atoms with Crippen molar-refractivity contribution in [1.82, 2.24) is 9.88 Å². The van der Waals surface area contributed by atoms with Crippen LogP contribution in [0.2, 0.25) is 0 Å². The van der Waals surface area contributed by atoms with Gasteiger partial charge in [-0.25, -0.2) is 0 Å². The van der Waals surface area contributed by atoms with E-state index in [0.29, 0.717) is 17.6 Å². The van der Waals surface area contributed by atoms with Crippen LogP contribution in [0.1, 0.15) is 25.8 Å². The van der Waals surface area contributed by atoms with Gasteiger partial charge in [-0.05, 0) is 24.0 Å². The lowest BCUT2D eigenvalue weighted by atomic mass is 10.1. The number of thioether (sulfide) groups is 1. The highest BCUT2D eigenvalue weighted by atomic mass is 32.2. The Hall–Kier alpha value is -1.03. The van der Waals surface area contributed by atoms with Crippen molar-refractivity contribution in [3.63, 3.8) is 0 Å². The summed E-state index contributed by atoms with van der Waals surface area (Å²) in [7, 11) is 0. The van der Waals surface area contributed by atoms with E-state index in [1.807, 2.05) is 35.0 Å². The predicted molar refractivity (Wildman–Crippen MR) is 80.2 cm³/mol. The molecule has 1 aliphatic rings. The molecule has 1 aromatic rings. The van der Waals surface area contributed by atoms with Gasteiger partial charge in [0.1, 0.15) is 0 Å². The van der Waals surface area contributed by atoms with Gasteiger partial charge >= 0.3 is 0 Å². The summed E-state index contributed by atoms with van der Waals surface area (Å²) in [5.74, 6) is 2.00. The number of pyridine rings is 1. The van der Waals surface area contributed by atoms with E-state index in [1.165, 1.54) is 0 Å². The number of nitrogens with zero attached hydrogens (tertiary/aromatic N) is 2. The van der Waals surface area contributed by atoms with E-state index in [0.717, 1.165) is 30.8 Å². The Morgan fingerprint density at radius 2 is 2.42 bits per heavy atom. The Balaban J connectivity index is 1.83. The van der Waals surface area contributed by atoms with Gasteiger partial charge in [-0.2, -0.15) is 11.8 Å². The molecule has 1 aromatic heterocycles. The lowest BCUT2D eigenvalue weighted by molar-refractivity contribution is -0.131. The molecule has 0 N–H and O–H groups in total. The number of carbonyl (C=O) groups excluding carboxylic acids is 1. The van der Waals surface area contributed by atoms with Crippen LogP contribution in [0, 0.1) is 5.92 Å². The Kier molecular flexibility index (Phi) is 5.25. The van der Waals surface area contributed by atoms with Crippen LogP contribution in [0.4, 0.5) is 0 Å². The lowest BCUT2D eigenvalue weighted by Crippen LogP contribution is -2.43. The summed E-state index contributed by atoms with van der Waals surface area (Å²) in [6, 6.07) is 3.95. The van der Waals surface area contributed by atoms with E-state index in [1.54, 1.807) is 6.20 Å². The molecule has 1 aliphatic heterocycles.